The van der Waals surface area contributed by atoms with Crippen LogP contribution in [0.5, 0.6) is 0 Å². The summed E-state index contributed by atoms with van der Waals surface area (Å²) in [7, 11) is 0. The highest BCUT2D eigenvalue weighted by molar-refractivity contribution is 5.59. The molecular formula is C17H15N3. The molecule has 20 heavy (non-hydrogen) atoms. The molecule has 1 N–H and O–H groups in total. The number of benzene rings is 2. The lowest BCUT2D eigenvalue weighted by molar-refractivity contribution is 1.14. The van der Waals surface area contributed by atoms with E-state index in [0.29, 0.717) is 5.95 Å². The molecule has 98 valence electrons. The van der Waals surface area contributed by atoms with Crippen LogP contribution in [0, 0.1) is 0 Å². The first kappa shape index (κ1) is 12.4. The van der Waals surface area contributed by atoms with Crippen molar-refractivity contribution in [3.8, 4) is 0 Å². The molecule has 0 atom stereocenters. The molecule has 2 aromatic carbocycles. The summed E-state index contributed by atoms with van der Waals surface area (Å²) in [6.45, 7) is 0. The molecule has 0 aliphatic carbocycles. The van der Waals surface area contributed by atoms with Crippen molar-refractivity contribution < 1.29 is 0 Å². The monoisotopic (exact) mass is 261 g/mol. The number of hydrogen-bond donors (Lipinski definition) is 1. The standard InChI is InChI=1S/C17H15N3/c1-2-7-14(8-3-1)13-15-9-4-5-10-16(15)20-17-18-11-6-12-19-17/h1-12H,13H2,(H,18,19,20). The highest BCUT2D eigenvalue weighted by Crippen LogP contribution is 2.21. The van der Waals surface area contributed by atoms with Crippen LogP contribution in [0.15, 0.2) is 73.1 Å². The Hall–Kier alpha value is -2.68. The predicted molar refractivity (Wildman–Crippen MR) is 81.0 cm³/mol. The number of rotatable bonds is 4. The van der Waals surface area contributed by atoms with Crippen molar-refractivity contribution in [1.29, 1.82) is 0 Å². The van der Waals surface area contributed by atoms with E-state index >= 15 is 0 Å². The Morgan fingerprint density at radius 1 is 0.750 bits per heavy atom. The SMILES string of the molecule is c1ccc(Cc2ccccc2Nc2ncccn2)cc1. The highest BCUT2D eigenvalue weighted by Gasteiger charge is 2.04. The minimum absolute atomic E-state index is 0.619. The van der Waals surface area contributed by atoms with Crippen LogP contribution in [0.1, 0.15) is 11.1 Å². The molecule has 3 nitrogen and oxygen atoms in total. The van der Waals surface area contributed by atoms with E-state index in [2.05, 4.69) is 57.7 Å². The zero-order valence-electron chi connectivity index (χ0n) is 11.0. The van der Waals surface area contributed by atoms with E-state index in [1.54, 1.807) is 18.5 Å². The maximum atomic E-state index is 4.20. The third-order valence-corrected chi connectivity index (χ3v) is 3.07. The summed E-state index contributed by atoms with van der Waals surface area (Å²) in [5.74, 6) is 0.619. The van der Waals surface area contributed by atoms with Crippen LogP contribution in [0.25, 0.3) is 0 Å². The topological polar surface area (TPSA) is 37.8 Å². The van der Waals surface area contributed by atoms with Gasteiger partial charge in [0.05, 0.1) is 0 Å². The van der Waals surface area contributed by atoms with Gasteiger partial charge in [-0.25, -0.2) is 9.97 Å². The number of hydrogen-bond acceptors (Lipinski definition) is 3. The van der Waals surface area contributed by atoms with Gasteiger partial charge in [0.25, 0.3) is 0 Å². The van der Waals surface area contributed by atoms with E-state index < -0.39 is 0 Å². The van der Waals surface area contributed by atoms with Crippen LogP contribution < -0.4 is 5.32 Å². The quantitative estimate of drug-likeness (QED) is 0.776. The second kappa shape index (κ2) is 5.97. The van der Waals surface area contributed by atoms with Gasteiger partial charge in [-0.1, -0.05) is 48.5 Å². The average Bonchev–Trinajstić information content (AvgIpc) is 2.51. The Bertz CT molecular complexity index is 606. The molecule has 3 heteroatoms. The zero-order chi connectivity index (χ0) is 13.6. The fourth-order valence-corrected chi connectivity index (χ4v) is 2.10. The minimum atomic E-state index is 0.619. The van der Waals surface area contributed by atoms with Crippen molar-refractivity contribution in [3.63, 3.8) is 0 Å². The molecule has 0 aliphatic heterocycles. The Morgan fingerprint density at radius 3 is 2.25 bits per heavy atom. The lowest BCUT2D eigenvalue weighted by Gasteiger charge is -2.10. The Kier molecular flexibility index (Phi) is 3.69. The van der Waals surface area contributed by atoms with Crippen molar-refractivity contribution in [2.75, 3.05) is 5.32 Å². The summed E-state index contributed by atoms with van der Waals surface area (Å²) in [5.41, 5.74) is 3.56. The van der Waals surface area contributed by atoms with Crippen LogP contribution in [-0.4, -0.2) is 9.97 Å². The van der Waals surface area contributed by atoms with Gasteiger partial charge in [0.1, 0.15) is 0 Å². The van der Waals surface area contributed by atoms with Crippen LogP contribution in [0.4, 0.5) is 11.6 Å². The predicted octanol–water partition coefficient (Wildman–Crippen LogP) is 3.81. The highest BCUT2D eigenvalue weighted by atomic mass is 15.1. The lowest BCUT2D eigenvalue weighted by atomic mass is 10.0. The van der Waals surface area contributed by atoms with E-state index in [4.69, 9.17) is 0 Å². The third-order valence-electron chi connectivity index (χ3n) is 3.07. The van der Waals surface area contributed by atoms with Gasteiger partial charge < -0.3 is 5.32 Å². The van der Waals surface area contributed by atoms with E-state index in [0.717, 1.165) is 12.1 Å². The van der Waals surface area contributed by atoms with Crippen molar-refractivity contribution in [3.05, 3.63) is 84.2 Å². The zero-order valence-corrected chi connectivity index (χ0v) is 11.0. The largest absolute Gasteiger partial charge is 0.324 e. The second-order valence-corrected chi connectivity index (χ2v) is 4.52. The van der Waals surface area contributed by atoms with Gasteiger partial charge >= 0.3 is 0 Å². The fraction of sp³-hybridized carbons (Fsp3) is 0.0588. The Labute approximate surface area is 118 Å². The maximum absolute atomic E-state index is 4.20. The molecule has 0 radical (unpaired) electrons. The molecule has 0 bridgehead atoms. The van der Waals surface area contributed by atoms with Gasteiger partial charge in [0.15, 0.2) is 0 Å². The van der Waals surface area contributed by atoms with E-state index in [1.165, 1.54) is 11.1 Å². The normalized spacial score (nSPS) is 10.2. The summed E-state index contributed by atoms with van der Waals surface area (Å²) in [6.07, 6.45) is 4.35. The smallest absolute Gasteiger partial charge is 0.227 e. The maximum Gasteiger partial charge on any atom is 0.227 e. The summed E-state index contributed by atoms with van der Waals surface area (Å²) in [5, 5.41) is 3.27. The number of aromatic nitrogens is 2. The lowest BCUT2D eigenvalue weighted by Crippen LogP contribution is -2.00. The molecule has 1 heterocycles. The Morgan fingerprint density at radius 2 is 1.45 bits per heavy atom. The van der Waals surface area contributed by atoms with Gasteiger partial charge in [0, 0.05) is 18.1 Å². The molecule has 0 saturated heterocycles. The van der Waals surface area contributed by atoms with Crippen LogP contribution in [0.2, 0.25) is 0 Å². The van der Waals surface area contributed by atoms with E-state index in [9.17, 15) is 0 Å². The first-order chi connectivity index (χ1) is 9.92. The van der Waals surface area contributed by atoms with Gasteiger partial charge in [0.2, 0.25) is 5.95 Å². The van der Waals surface area contributed by atoms with Crippen LogP contribution >= 0.6 is 0 Å². The van der Waals surface area contributed by atoms with Gasteiger partial charge in [-0.15, -0.1) is 0 Å². The number of para-hydroxylation sites is 1. The molecule has 0 unspecified atom stereocenters. The molecular weight excluding hydrogens is 246 g/mol. The van der Waals surface area contributed by atoms with Crippen molar-refractivity contribution in [2.24, 2.45) is 0 Å². The average molecular weight is 261 g/mol. The molecule has 3 rings (SSSR count). The van der Waals surface area contributed by atoms with E-state index in [1.807, 2.05) is 12.1 Å². The molecule has 3 aromatic rings. The van der Waals surface area contributed by atoms with Crippen molar-refractivity contribution in [2.45, 2.75) is 6.42 Å². The Balaban J connectivity index is 1.85. The third kappa shape index (κ3) is 3.01. The summed E-state index contributed by atoms with van der Waals surface area (Å²) < 4.78 is 0. The second-order valence-electron chi connectivity index (χ2n) is 4.52. The van der Waals surface area contributed by atoms with Gasteiger partial charge in [-0.05, 0) is 29.7 Å². The first-order valence-corrected chi connectivity index (χ1v) is 6.58. The summed E-state index contributed by atoms with van der Waals surface area (Å²) >= 11 is 0. The van der Waals surface area contributed by atoms with Crippen LogP contribution in [0.3, 0.4) is 0 Å². The molecule has 0 amide bonds. The van der Waals surface area contributed by atoms with Gasteiger partial charge in [-0.3, -0.25) is 0 Å². The van der Waals surface area contributed by atoms with Crippen LogP contribution in [-0.2, 0) is 6.42 Å². The summed E-state index contributed by atoms with van der Waals surface area (Å²) in [4.78, 5) is 8.40. The summed E-state index contributed by atoms with van der Waals surface area (Å²) in [6, 6.07) is 20.5. The number of anilines is 2. The molecule has 0 aliphatic rings. The number of nitrogens with one attached hydrogen (secondary N) is 1. The molecule has 0 saturated carbocycles. The molecule has 1 aromatic heterocycles. The van der Waals surface area contributed by atoms with Crippen molar-refractivity contribution >= 4 is 11.6 Å². The fourth-order valence-electron chi connectivity index (χ4n) is 2.10. The van der Waals surface area contributed by atoms with Gasteiger partial charge in [-0.2, -0.15) is 0 Å². The first-order valence-electron chi connectivity index (χ1n) is 6.58. The number of nitrogens with zero attached hydrogens (tertiary/aromatic N) is 2. The van der Waals surface area contributed by atoms with Crippen molar-refractivity contribution in [1.82, 2.24) is 9.97 Å². The molecule has 0 spiro atoms. The van der Waals surface area contributed by atoms with E-state index in [-0.39, 0.29) is 0 Å². The molecule has 0 fully saturated rings. The minimum Gasteiger partial charge on any atom is -0.324 e.